The van der Waals surface area contributed by atoms with Crippen LogP contribution in [0.15, 0.2) is 85.2 Å². The Hall–Kier alpha value is -4.70. The number of anilines is 5. The molecule has 212 valence electrons. The molecule has 0 spiro atoms. The Balaban J connectivity index is 1.15. The van der Waals surface area contributed by atoms with Gasteiger partial charge in [0.2, 0.25) is 0 Å². The normalized spacial score (nSPS) is 13.6. The predicted octanol–water partition coefficient (Wildman–Crippen LogP) is 6.13. The number of carbonyl (C=O) groups is 2. The lowest BCUT2D eigenvalue weighted by Gasteiger charge is -2.33. The average Bonchev–Trinajstić information content (AvgIpc) is 3.54. The maximum absolute atomic E-state index is 14.8. The van der Waals surface area contributed by atoms with Crippen LogP contribution in [0.5, 0.6) is 0 Å². The number of ether oxygens (including phenoxy) is 1. The molecule has 3 aromatic carbocycles. The number of nitrogens with one attached hydrogen (secondary N) is 2. The highest BCUT2D eigenvalue weighted by Gasteiger charge is 2.20. The van der Waals surface area contributed by atoms with Crippen molar-refractivity contribution in [1.82, 2.24) is 9.78 Å². The summed E-state index contributed by atoms with van der Waals surface area (Å²) >= 11 is 0. The summed E-state index contributed by atoms with van der Waals surface area (Å²) in [5.74, 6) is -0.718. The Labute approximate surface area is 238 Å². The highest BCUT2D eigenvalue weighted by Crippen LogP contribution is 2.26. The summed E-state index contributed by atoms with van der Waals surface area (Å²) in [5.41, 5.74) is 3.59. The third-order valence-electron chi connectivity index (χ3n) is 7.09. The molecule has 2 N–H and O–H groups in total. The van der Waals surface area contributed by atoms with E-state index < -0.39 is 11.8 Å². The summed E-state index contributed by atoms with van der Waals surface area (Å²) < 4.78 is 21.8. The van der Waals surface area contributed by atoms with Crippen molar-refractivity contribution in [2.45, 2.75) is 25.9 Å². The molecular weight excluding hydrogens is 523 g/mol. The summed E-state index contributed by atoms with van der Waals surface area (Å²) in [5, 5.41) is 9.86. The van der Waals surface area contributed by atoms with Gasteiger partial charge >= 0.3 is 6.03 Å². The van der Waals surface area contributed by atoms with Crippen LogP contribution in [0, 0.1) is 5.82 Å². The van der Waals surface area contributed by atoms with Gasteiger partial charge in [-0.2, -0.15) is 9.78 Å². The molecule has 0 aliphatic carbocycles. The zero-order valence-corrected chi connectivity index (χ0v) is 23.1. The van der Waals surface area contributed by atoms with Crippen LogP contribution in [0.25, 0.3) is 0 Å². The quantitative estimate of drug-likeness (QED) is 0.271. The number of hydrogen-bond donors (Lipinski definition) is 2. The van der Waals surface area contributed by atoms with Gasteiger partial charge in [-0.1, -0.05) is 0 Å². The molecule has 10 heteroatoms. The van der Waals surface area contributed by atoms with Crippen LogP contribution in [-0.2, 0) is 4.74 Å². The van der Waals surface area contributed by atoms with E-state index in [1.54, 1.807) is 49.5 Å². The molecule has 4 aromatic rings. The first-order chi connectivity index (χ1) is 19.9. The van der Waals surface area contributed by atoms with Crippen molar-refractivity contribution in [2.75, 3.05) is 47.2 Å². The molecule has 1 aliphatic heterocycles. The van der Waals surface area contributed by atoms with Gasteiger partial charge in [-0.05, 0) is 92.6 Å². The zero-order chi connectivity index (χ0) is 28.8. The largest absolute Gasteiger partial charge is 0.378 e. The number of halogens is 1. The Morgan fingerprint density at radius 2 is 1.73 bits per heavy atom. The van der Waals surface area contributed by atoms with E-state index in [1.165, 1.54) is 28.0 Å². The van der Waals surface area contributed by atoms with E-state index in [-0.39, 0.29) is 11.6 Å². The third-order valence-corrected chi connectivity index (χ3v) is 7.09. The summed E-state index contributed by atoms with van der Waals surface area (Å²) in [6.07, 6.45) is 5.37. The van der Waals surface area contributed by atoms with E-state index in [1.807, 2.05) is 31.2 Å². The van der Waals surface area contributed by atoms with E-state index >= 15 is 0 Å². The van der Waals surface area contributed by atoms with Crippen LogP contribution in [0.1, 0.15) is 30.1 Å². The molecule has 1 fully saturated rings. The second-order valence-electron chi connectivity index (χ2n) is 9.80. The van der Waals surface area contributed by atoms with E-state index in [0.717, 1.165) is 38.2 Å². The van der Waals surface area contributed by atoms with Crippen LogP contribution >= 0.6 is 0 Å². The van der Waals surface area contributed by atoms with E-state index in [0.29, 0.717) is 28.7 Å². The van der Waals surface area contributed by atoms with Gasteiger partial charge in [-0.25, -0.2) is 9.18 Å². The van der Waals surface area contributed by atoms with Gasteiger partial charge in [0.1, 0.15) is 5.82 Å². The highest BCUT2D eigenvalue weighted by atomic mass is 19.1. The van der Waals surface area contributed by atoms with Crippen molar-refractivity contribution in [1.29, 1.82) is 0 Å². The summed E-state index contributed by atoms with van der Waals surface area (Å²) in [6, 6.07) is 20.4. The maximum atomic E-state index is 14.8. The Morgan fingerprint density at radius 3 is 2.37 bits per heavy atom. The monoisotopic (exact) mass is 556 g/mol. The fourth-order valence-corrected chi connectivity index (χ4v) is 4.80. The number of amides is 2. The van der Waals surface area contributed by atoms with Crippen LogP contribution < -0.4 is 20.4 Å². The lowest BCUT2D eigenvalue weighted by Crippen LogP contribution is -2.37. The van der Waals surface area contributed by atoms with Gasteiger partial charge in [0.05, 0.1) is 11.8 Å². The number of rotatable bonds is 8. The van der Waals surface area contributed by atoms with Crippen LogP contribution in [0.4, 0.5) is 37.6 Å². The molecule has 1 aromatic heterocycles. The van der Waals surface area contributed by atoms with Crippen molar-refractivity contribution in [3.05, 3.63) is 96.6 Å². The van der Waals surface area contributed by atoms with Crippen molar-refractivity contribution in [2.24, 2.45) is 0 Å². The lowest BCUT2D eigenvalue weighted by molar-refractivity contribution is 0.0459. The van der Waals surface area contributed by atoms with Gasteiger partial charge in [0.15, 0.2) is 0 Å². The van der Waals surface area contributed by atoms with E-state index in [4.69, 9.17) is 4.74 Å². The van der Waals surface area contributed by atoms with Crippen molar-refractivity contribution in [3.8, 4) is 0 Å². The maximum Gasteiger partial charge on any atom is 0.348 e. The standard InChI is InChI=1S/C31H33FN6O3/c1-3-41-27-15-19-37(20-16-27)25-11-5-22(6-12-25)30(39)35-24-9-7-23(8-10-24)34-29-14-13-26(21-28(29)32)36(2)31(40)38-18-4-17-33-38/h4-14,17-18,21,27,34H,3,15-16,19-20H2,1-2H3,(H,35,39). The molecule has 1 aliphatic rings. The predicted molar refractivity (Wildman–Crippen MR) is 159 cm³/mol. The SMILES string of the molecule is CCOC1CCN(c2ccc(C(=O)Nc3ccc(Nc4ccc(N(C)C(=O)n5cccn5)cc4F)cc3)cc2)CC1. The average molecular weight is 557 g/mol. The number of aromatic nitrogens is 2. The molecule has 9 nitrogen and oxygen atoms in total. The van der Waals surface area contributed by atoms with E-state index in [9.17, 15) is 14.0 Å². The smallest absolute Gasteiger partial charge is 0.348 e. The zero-order valence-electron chi connectivity index (χ0n) is 23.1. The van der Waals surface area contributed by atoms with Crippen LogP contribution in [0.3, 0.4) is 0 Å². The van der Waals surface area contributed by atoms with Gasteiger partial charge in [0, 0.05) is 67.5 Å². The van der Waals surface area contributed by atoms with Gasteiger partial charge in [-0.3, -0.25) is 9.69 Å². The van der Waals surface area contributed by atoms with Gasteiger partial charge < -0.3 is 20.3 Å². The summed E-state index contributed by atoms with van der Waals surface area (Å²) in [6.45, 7) is 4.65. The van der Waals surface area contributed by atoms with Crippen LogP contribution in [0.2, 0.25) is 0 Å². The highest BCUT2D eigenvalue weighted by molar-refractivity contribution is 6.04. The molecule has 0 unspecified atom stereocenters. The third kappa shape index (κ3) is 6.72. The topological polar surface area (TPSA) is 91.7 Å². The first kappa shape index (κ1) is 27.9. The van der Waals surface area contributed by atoms with Gasteiger partial charge in [0.25, 0.3) is 5.91 Å². The number of carbonyl (C=O) groups excluding carboxylic acids is 2. The molecule has 0 bridgehead atoms. The molecular formula is C31H33FN6O3. The molecule has 41 heavy (non-hydrogen) atoms. The molecule has 1 saturated heterocycles. The van der Waals surface area contributed by atoms with Crippen molar-refractivity contribution < 1.29 is 18.7 Å². The molecule has 0 radical (unpaired) electrons. The Morgan fingerprint density at radius 1 is 1.02 bits per heavy atom. The minimum absolute atomic E-state index is 0.206. The second-order valence-corrected chi connectivity index (χ2v) is 9.80. The fourth-order valence-electron chi connectivity index (χ4n) is 4.80. The van der Waals surface area contributed by atoms with Crippen molar-refractivity contribution in [3.63, 3.8) is 0 Å². The van der Waals surface area contributed by atoms with Crippen molar-refractivity contribution >= 4 is 40.4 Å². The number of benzene rings is 3. The molecule has 5 rings (SSSR count). The summed E-state index contributed by atoms with van der Waals surface area (Å²) in [7, 11) is 1.56. The number of piperidine rings is 1. The van der Waals surface area contributed by atoms with E-state index in [2.05, 4.69) is 20.6 Å². The summed E-state index contributed by atoms with van der Waals surface area (Å²) in [4.78, 5) is 28.9. The Bertz CT molecular complexity index is 1470. The van der Waals surface area contributed by atoms with Crippen LogP contribution in [-0.4, -0.2) is 54.6 Å². The first-order valence-electron chi connectivity index (χ1n) is 13.6. The fraction of sp³-hybridized carbons (Fsp3) is 0.258. The first-order valence-corrected chi connectivity index (χ1v) is 13.6. The Kier molecular flexibility index (Phi) is 8.59. The molecule has 2 heterocycles. The molecule has 0 saturated carbocycles. The lowest BCUT2D eigenvalue weighted by atomic mass is 10.1. The molecule has 0 atom stereocenters. The number of nitrogens with zero attached hydrogens (tertiary/aromatic N) is 4. The van der Waals surface area contributed by atoms with Gasteiger partial charge in [-0.15, -0.1) is 0 Å². The minimum atomic E-state index is -0.512. The minimum Gasteiger partial charge on any atom is -0.378 e. The number of hydrogen-bond acceptors (Lipinski definition) is 6. The second kappa shape index (κ2) is 12.6. The molecule has 2 amide bonds.